The molecule has 0 spiro atoms. The Kier molecular flexibility index (Phi) is 7.44. The predicted molar refractivity (Wildman–Crippen MR) is 119 cm³/mol. The number of nitrogens with zero attached hydrogens (tertiary/aromatic N) is 3. The van der Waals surface area contributed by atoms with Gasteiger partial charge < -0.3 is 10.2 Å². The van der Waals surface area contributed by atoms with Crippen molar-refractivity contribution in [3.63, 3.8) is 0 Å². The Morgan fingerprint density at radius 2 is 1.73 bits per heavy atom. The molecule has 0 fully saturated rings. The first-order valence-corrected chi connectivity index (χ1v) is 9.88. The van der Waals surface area contributed by atoms with Gasteiger partial charge in [0.2, 0.25) is 6.41 Å². The number of halogens is 4. The van der Waals surface area contributed by atoms with Crippen molar-refractivity contribution in [3.05, 3.63) is 58.9 Å². The number of anilines is 2. The third-order valence-corrected chi connectivity index (χ3v) is 4.94. The second-order valence-corrected chi connectivity index (χ2v) is 8.21. The van der Waals surface area contributed by atoms with E-state index < -0.39 is 34.6 Å². The van der Waals surface area contributed by atoms with E-state index in [1.165, 1.54) is 30.1 Å². The van der Waals surface area contributed by atoms with Gasteiger partial charge in [-0.3, -0.25) is 14.5 Å². The monoisotopic (exact) mass is 480 g/mol. The summed E-state index contributed by atoms with van der Waals surface area (Å²) in [6.45, 7) is 5.10. The molecule has 33 heavy (non-hydrogen) atoms. The van der Waals surface area contributed by atoms with Gasteiger partial charge in [0.15, 0.2) is 5.11 Å². The van der Waals surface area contributed by atoms with Crippen LogP contribution < -0.4 is 15.1 Å². The zero-order valence-corrected chi connectivity index (χ0v) is 18.9. The Balaban J connectivity index is 2.60. The van der Waals surface area contributed by atoms with Crippen LogP contribution in [0.5, 0.6) is 0 Å². The summed E-state index contributed by atoms with van der Waals surface area (Å²) >= 11 is 5.43. The van der Waals surface area contributed by atoms with Crippen LogP contribution in [0.2, 0.25) is 0 Å². The molecule has 0 unspecified atom stereocenters. The summed E-state index contributed by atoms with van der Waals surface area (Å²) < 4.78 is 54.8. The van der Waals surface area contributed by atoms with Gasteiger partial charge >= 0.3 is 6.18 Å². The molecule has 0 aliphatic heterocycles. The lowest BCUT2D eigenvalue weighted by Gasteiger charge is -2.40. The quantitative estimate of drug-likeness (QED) is 0.392. The molecule has 1 N–H and O–H groups in total. The van der Waals surface area contributed by atoms with Crippen molar-refractivity contribution >= 4 is 41.0 Å². The number of amides is 2. The zero-order chi connectivity index (χ0) is 25.1. The lowest BCUT2D eigenvalue weighted by molar-refractivity contribution is -0.137. The summed E-state index contributed by atoms with van der Waals surface area (Å²) in [5, 5.41) is 11.1. The molecular formula is C22H20F4N4O2S. The highest BCUT2D eigenvalue weighted by Gasteiger charge is 2.36. The Labute approximate surface area is 193 Å². The number of hydrogen-bond acceptors (Lipinski definition) is 4. The summed E-state index contributed by atoms with van der Waals surface area (Å²) in [5.74, 6) is -1.49. The lowest BCUT2D eigenvalue weighted by Crippen LogP contribution is -2.52. The van der Waals surface area contributed by atoms with Crippen LogP contribution >= 0.6 is 12.2 Å². The Morgan fingerprint density at radius 1 is 1.12 bits per heavy atom. The number of nitrogens with one attached hydrogen (secondary N) is 1. The number of benzene rings is 2. The Morgan fingerprint density at radius 3 is 2.18 bits per heavy atom. The molecule has 0 aromatic heterocycles. The Bertz CT molecular complexity index is 1140. The summed E-state index contributed by atoms with van der Waals surface area (Å²) in [7, 11) is 1.35. The number of hydrogen-bond donors (Lipinski definition) is 1. The van der Waals surface area contributed by atoms with Gasteiger partial charge in [0.1, 0.15) is 5.82 Å². The molecule has 11 heteroatoms. The SMILES string of the molecule is CNC(=O)c1ccc(N(C(=S)N(C=O)c2ccc(C#N)c(C(F)(F)F)c2)C(C)(C)C)cc1F. The molecule has 6 nitrogen and oxygen atoms in total. The molecule has 0 saturated heterocycles. The number of thiocarbonyl (C=S) groups is 1. The molecule has 0 saturated carbocycles. The highest BCUT2D eigenvalue weighted by Crippen LogP contribution is 2.35. The smallest absolute Gasteiger partial charge is 0.355 e. The first kappa shape index (κ1) is 25.7. The summed E-state index contributed by atoms with van der Waals surface area (Å²) in [6, 6.07) is 7.91. The fourth-order valence-electron chi connectivity index (χ4n) is 3.08. The summed E-state index contributed by atoms with van der Waals surface area (Å²) in [6.07, 6.45) is -4.60. The van der Waals surface area contributed by atoms with Crippen LogP contribution in [0.15, 0.2) is 36.4 Å². The van der Waals surface area contributed by atoms with Gasteiger partial charge in [0.25, 0.3) is 5.91 Å². The minimum absolute atomic E-state index is 0.175. The molecule has 174 valence electrons. The molecule has 0 aliphatic carbocycles. The molecular weight excluding hydrogens is 460 g/mol. The normalized spacial score (nSPS) is 11.4. The number of alkyl halides is 3. The molecule has 0 radical (unpaired) electrons. The van der Waals surface area contributed by atoms with Crippen LogP contribution in [-0.2, 0) is 11.0 Å². The van der Waals surface area contributed by atoms with Crippen molar-refractivity contribution in [2.24, 2.45) is 0 Å². The maximum Gasteiger partial charge on any atom is 0.417 e. The fourth-order valence-corrected chi connectivity index (χ4v) is 3.61. The number of carbonyl (C=O) groups excluding carboxylic acids is 2. The van der Waals surface area contributed by atoms with Gasteiger partial charge in [0, 0.05) is 18.3 Å². The molecule has 2 aromatic carbocycles. The van der Waals surface area contributed by atoms with E-state index in [-0.39, 0.29) is 28.5 Å². The van der Waals surface area contributed by atoms with E-state index in [9.17, 15) is 27.2 Å². The lowest BCUT2D eigenvalue weighted by atomic mass is 10.0. The van der Waals surface area contributed by atoms with Crippen LogP contribution in [0.3, 0.4) is 0 Å². The van der Waals surface area contributed by atoms with E-state index in [1.54, 1.807) is 20.8 Å². The average Bonchev–Trinajstić information content (AvgIpc) is 2.72. The van der Waals surface area contributed by atoms with Crippen molar-refractivity contribution in [2.45, 2.75) is 32.5 Å². The van der Waals surface area contributed by atoms with Gasteiger partial charge in [-0.25, -0.2) is 4.39 Å². The van der Waals surface area contributed by atoms with Gasteiger partial charge in [0.05, 0.1) is 28.4 Å². The van der Waals surface area contributed by atoms with Crippen molar-refractivity contribution in [1.29, 1.82) is 5.26 Å². The summed E-state index contributed by atoms with van der Waals surface area (Å²) in [5.41, 5.74) is -2.94. The van der Waals surface area contributed by atoms with Gasteiger partial charge in [-0.05, 0) is 69.4 Å². The van der Waals surface area contributed by atoms with Crippen molar-refractivity contribution in [3.8, 4) is 6.07 Å². The first-order chi connectivity index (χ1) is 15.3. The van der Waals surface area contributed by atoms with Crippen molar-refractivity contribution in [2.75, 3.05) is 16.8 Å². The molecule has 0 aliphatic rings. The zero-order valence-electron chi connectivity index (χ0n) is 18.1. The van der Waals surface area contributed by atoms with Gasteiger partial charge in [-0.2, -0.15) is 18.4 Å². The predicted octanol–water partition coefficient (Wildman–Crippen LogP) is 4.63. The number of nitriles is 1. The highest BCUT2D eigenvalue weighted by molar-refractivity contribution is 7.80. The maximum atomic E-state index is 14.6. The van der Waals surface area contributed by atoms with Crippen molar-refractivity contribution < 1.29 is 27.2 Å². The van der Waals surface area contributed by atoms with E-state index in [0.29, 0.717) is 6.07 Å². The second-order valence-electron chi connectivity index (χ2n) is 7.85. The molecule has 2 rings (SSSR count). The second kappa shape index (κ2) is 9.54. The highest BCUT2D eigenvalue weighted by atomic mass is 32.1. The third-order valence-electron chi connectivity index (χ3n) is 4.56. The van der Waals surface area contributed by atoms with E-state index in [4.69, 9.17) is 17.5 Å². The van der Waals surface area contributed by atoms with E-state index in [2.05, 4.69) is 5.32 Å². The van der Waals surface area contributed by atoms with E-state index in [1.807, 2.05) is 0 Å². The third kappa shape index (κ3) is 5.46. The maximum absolute atomic E-state index is 14.6. The van der Waals surface area contributed by atoms with E-state index >= 15 is 0 Å². The molecule has 2 amide bonds. The fraction of sp³-hybridized carbons (Fsp3) is 0.273. The molecule has 0 atom stereocenters. The van der Waals surface area contributed by atoms with Gasteiger partial charge in [-0.15, -0.1) is 0 Å². The van der Waals surface area contributed by atoms with Crippen LogP contribution in [-0.4, -0.2) is 30.0 Å². The molecule has 2 aromatic rings. The standard InChI is InChI=1S/C22H20F4N4O2S/c1-21(2,3)30(15-7-8-16(18(23)10-15)19(32)28-4)20(33)29(12-31)14-6-5-13(11-27)17(9-14)22(24,25)26/h5-10,12H,1-4H3,(H,28,32). The van der Waals surface area contributed by atoms with Crippen LogP contribution in [0.25, 0.3) is 0 Å². The van der Waals surface area contributed by atoms with Crippen LogP contribution in [0.4, 0.5) is 28.9 Å². The average molecular weight is 480 g/mol. The number of carbonyl (C=O) groups is 2. The largest absolute Gasteiger partial charge is 0.417 e. The molecule has 0 bridgehead atoms. The van der Waals surface area contributed by atoms with Crippen LogP contribution in [0.1, 0.15) is 42.3 Å². The number of rotatable bonds is 4. The molecule has 0 heterocycles. The summed E-state index contributed by atoms with van der Waals surface area (Å²) in [4.78, 5) is 25.9. The Hall–Kier alpha value is -3.52. The minimum atomic E-state index is -4.83. The van der Waals surface area contributed by atoms with Gasteiger partial charge in [-0.1, -0.05) is 0 Å². The topological polar surface area (TPSA) is 76.4 Å². The van der Waals surface area contributed by atoms with Crippen LogP contribution in [0, 0.1) is 17.1 Å². The van der Waals surface area contributed by atoms with E-state index in [0.717, 1.165) is 23.1 Å². The van der Waals surface area contributed by atoms with Crippen molar-refractivity contribution in [1.82, 2.24) is 5.32 Å². The minimum Gasteiger partial charge on any atom is -0.355 e. The first-order valence-electron chi connectivity index (χ1n) is 9.48.